The summed E-state index contributed by atoms with van der Waals surface area (Å²) in [5.41, 5.74) is 2.03. The number of anilines is 2. The normalized spacial score (nSPS) is 14.5. The second kappa shape index (κ2) is 7.08. The summed E-state index contributed by atoms with van der Waals surface area (Å²) in [6.45, 7) is 2.03. The molecule has 2 aromatic carbocycles. The maximum Gasteiger partial charge on any atom is 0.283 e. The summed E-state index contributed by atoms with van der Waals surface area (Å²) >= 11 is 18.0. The number of carbonyl (C=O) groups excluding carboxylic acids is 2. The fourth-order valence-electron chi connectivity index (χ4n) is 2.50. The molecule has 0 bridgehead atoms. The molecule has 2 amide bonds. The number of aryl methyl sites for hydroxylation is 1. The van der Waals surface area contributed by atoms with Crippen molar-refractivity contribution in [3.8, 4) is 0 Å². The highest BCUT2D eigenvalue weighted by Gasteiger charge is 2.38. The Bertz CT molecular complexity index is 871. The van der Waals surface area contributed by atoms with Crippen LogP contribution in [0.15, 0.2) is 53.2 Å². The van der Waals surface area contributed by atoms with Crippen molar-refractivity contribution in [1.82, 2.24) is 0 Å². The smallest absolute Gasteiger partial charge is 0.283 e. The van der Waals surface area contributed by atoms with Gasteiger partial charge in [-0.2, -0.15) is 0 Å². The molecule has 0 radical (unpaired) electrons. The van der Waals surface area contributed by atoms with Crippen LogP contribution in [0, 0.1) is 0 Å². The number of benzene rings is 2. The third kappa shape index (κ3) is 3.52. The average Bonchev–Trinajstić information content (AvgIpc) is 2.78. The number of rotatable bonds is 4. The van der Waals surface area contributed by atoms with E-state index in [2.05, 4.69) is 5.32 Å². The summed E-state index contributed by atoms with van der Waals surface area (Å²) in [6, 6.07) is 11.9. The van der Waals surface area contributed by atoms with Crippen LogP contribution in [0.4, 0.5) is 11.4 Å². The van der Waals surface area contributed by atoms with E-state index in [0.29, 0.717) is 21.4 Å². The first kappa shape index (κ1) is 17.8. The van der Waals surface area contributed by atoms with Gasteiger partial charge < -0.3 is 5.32 Å². The van der Waals surface area contributed by atoms with Crippen molar-refractivity contribution in [3.63, 3.8) is 0 Å². The average molecular weight is 396 g/mol. The molecule has 128 valence electrons. The van der Waals surface area contributed by atoms with Crippen molar-refractivity contribution in [2.45, 2.75) is 13.3 Å². The zero-order chi connectivity index (χ0) is 18.1. The molecule has 1 aliphatic heterocycles. The Balaban J connectivity index is 1.90. The van der Waals surface area contributed by atoms with Crippen LogP contribution in [0.1, 0.15) is 12.5 Å². The van der Waals surface area contributed by atoms with Crippen LogP contribution in [0.2, 0.25) is 10.0 Å². The number of halogens is 3. The Hall–Kier alpha value is -2.01. The van der Waals surface area contributed by atoms with Gasteiger partial charge in [0, 0.05) is 15.7 Å². The molecule has 0 atom stereocenters. The zero-order valence-electron chi connectivity index (χ0n) is 13.1. The van der Waals surface area contributed by atoms with E-state index in [4.69, 9.17) is 34.8 Å². The molecule has 0 saturated carbocycles. The van der Waals surface area contributed by atoms with E-state index in [0.717, 1.165) is 16.9 Å². The molecule has 0 fully saturated rings. The first-order valence-corrected chi connectivity index (χ1v) is 8.64. The van der Waals surface area contributed by atoms with E-state index < -0.39 is 11.8 Å². The lowest BCUT2D eigenvalue weighted by Gasteiger charge is -2.15. The summed E-state index contributed by atoms with van der Waals surface area (Å²) in [4.78, 5) is 26.2. The highest BCUT2D eigenvalue weighted by atomic mass is 35.5. The molecule has 3 rings (SSSR count). The van der Waals surface area contributed by atoms with Crippen LogP contribution < -0.4 is 10.2 Å². The van der Waals surface area contributed by atoms with Crippen molar-refractivity contribution >= 4 is 58.0 Å². The fraction of sp³-hybridized carbons (Fsp3) is 0.111. The third-order valence-electron chi connectivity index (χ3n) is 3.76. The van der Waals surface area contributed by atoms with Gasteiger partial charge in [0.2, 0.25) is 0 Å². The molecule has 0 aliphatic carbocycles. The molecule has 1 aliphatic rings. The van der Waals surface area contributed by atoms with Gasteiger partial charge in [-0.25, -0.2) is 4.90 Å². The molecule has 1 N–H and O–H groups in total. The second-order valence-corrected chi connectivity index (χ2v) is 6.69. The predicted molar refractivity (Wildman–Crippen MR) is 101 cm³/mol. The number of hydrogen-bond donors (Lipinski definition) is 1. The van der Waals surface area contributed by atoms with Crippen molar-refractivity contribution in [2.75, 3.05) is 10.2 Å². The Labute approximate surface area is 160 Å². The van der Waals surface area contributed by atoms with Crippen LogP contribution in [0.25, 0.3) is 0 Å². The molecule has 0 aromatic heterocycles. The van der Waals surface area contributed by atoms with Crippen molar-refractivity contribution in [3.05, 3.63) is 68.8 Å². The summed E-state index contributed by atoms with van der Waals surface area (Å²) in [5, 5.41) is 3.46. The van der Waals surface area contributed by atoms with E-state index in [1.165, 1.54) is 0 Å². The van der Waals surface area contributed by atoms with Gasteiger partial charge in [0.1, 0.15) is 10.7 Å². The number of imide groups is 1. The lowest BCUT2D eigenvalue weighted by atomic mass is 10.1. The standard InChI is InChI=1S/C18H13Cl3N2O2/c1-2-10-3-5-14(6-4-10)23-17(24)15(21)16(18(23)25)22-13-8-11(19)7-12(20)9-13/h3-9,22H,2H2,1H3. The molecule has 2 aromatic rings. The number of carbonyl (C=O) groups is 2. The third-order valence-corrected chi connectivity index (χ3v) is 4.55. The first-order chi connectivity index (χ1) is 11.9. The second-order valence-electron chi connectivity index (χ2n) is 5.44. The number of nitrogens with one attached hydrogen (secondary N) is 1. The van der Waals surface area contributed by atoms with Crippen LogP contribution >= 0.6 is 34.8 Å². The highest BCUT2D eigenvalue weighted by Crippen LogP contribution is 2.31. The number of nitrogens with zero attached hydrogens (tertiary/aromatic N) is 1. The van der Waals surface area contributed by atoms with Gasteiger partial charge in [0.05, 0.1) is 5.69 Å². The molecule has 7 heteroatoms. The van der Waals surface area contributed by atoms with Crippen molar-refractivity contribution in [1.29, 1.82) is 0 Å². The molecule has 0 spiro atoms. The lowest BCUT2D eigenvalue weighted by molar-refractivity contribution is -0.120. The van der Waals surface area contributed by atoms with Gasteiger partial charge in [-0.3, -0.25) is 9.59 Å². The minimum Gasteiger partial charge on any atom is -0.350 e. The van der Waals surface area contributed by atoms with Crippen LogP contribution in [0.5, 0.6) is 0 Å². The Kier molecular flexibility index (Phi) is 5.04. The summed E-state index contributed by atoms with van der Waals surface area (Å²) in [7, 11) is 0. The summed E-state index contributed by atoms with van der Waals surface area (Å²) in [6.07, 6.45) is 0.865. The van der Waals surface area contributed by atoms with Crippen molar-refractivity contribution < 1.29 is 9.59 Å². The molecule has 25 heavy (non-hydrogen) atoms. The van der Waals surface area contributed by atoms with Gasteiger partial charge >= 0.3 is 0 Å². The summed E-state index contributed by atoms with van der Waals surface area (Å²) < 4.78 is 0. The lowest BCUT2D eigenvalue weighted by Crippen LogP contribution is -2.32. The molecule has 4 nitrogen and oxygen atoms in total. The van der Waals surface area contributed by atoms with E-state index in [-0.39, 0.29) is 10.7 Å². The summed E-state index contributed by atoms with van der Waals surface area (Å²) in [5.74, 6) is -1.11. The van der Waals surface area contributed by atoms with Gasteiger partial charge in [0.15, 0.2) is 0 Å². The van der Waals surface area contributed by atoms with Crippen LogP contribution in [-0.4, -0.2) is 11.8 Å². The number of amides is 2. The Morgan fingerprint density at radius 3 is 2.08 bits per heavy atom. The van der Waals surface area contributed by atoms with E-state index in [1.807, 2.05) is 19.1 Å². The molecular formula is C18H13Cl3N2O2. The van der Waals surface area contributed by atoms with Crippen LogP contribution in [-0.2, 0) is 16.0 Å². The largest absolute Gasteiger partial charge is 0.350 e. The minimum atomic E-state index is -0.577. The Morgan fingerprint density at radius 1 is 0.920 bits per heavy atom. The predicted octanol–water partition coefficient (Wildman–Crippen LogP) is 4.99. The maximum absolute atomic E-state index is 12.7. The molecule has 0 saturated heterocycles. The molecule has 1 heterocycles. The molecular weight excluding hydrogens is 383 g/mol. The minimum absolute atomic E-state index is 0.00966. The number of hydrogen-bond acceptors (Lipinski definition) is 3. The first-order valence-electron chi connectivity index (χ1n) is 7.51. The quantitative estimate of drug-likeness (QED) is 0.742. The fourth-order valence-corrected chi connectivity index (χ4v) is 3.24. The monoisotopic (exact) mass is 394 g/mol. The van der Waals surface area contributed by atoms with E-state index >= 15 is 0 Å². The highest BCUT2D eigenvalue weighted by molar-refractivity contribution is 6.53. The van der Waals surface area contributed by atoms with Crippen molar-refractivity contribution in [2.24, 2.45) is 0 Å². The van der Waals surface area contributed by atoms with Gasteiger partial charge in [0.25, 0.3) is 11.8 Å². The van der Waals surface area contributed by atoms with E-state index in [1.54, 1.807) is 30.3 Å². The Morgan fingerprint density at radius 2 is 1.52 bits per heavy atom. The molecule has 0 unspecified atom stereocenters. The van der Waals surface area contributed by atoms with Gasteiger partial charge in [-0.05, 0) is 42.3 Å². The van der Waals surface area contributed by atoms with E-state index in [9.17, 15) is 9.59 Å². The van der Waals surface area contributed by atoms with Gasteiger partial charge in [-0.1, -0.05) is 53.9 Å². The SMILES string of the molecule is CCc1ccc(N2C(=O)C(Cl)=C(Nc3cc(Cl)cc(Cl)c3)C2=O)cc1. The van der Waals surface area contributed by atoms with Gasteiger partial charge in [-0.15, -0.1) is 0 Å². The zero-order valence-corrected chi connectivity index (χ0v) is 15.4. The maximum atomic E-state index is 12.7. The van der Waals surface area contributed by atoms with Crippen LogP contribution in [0.3, 0.4) is 0 Å². The topological polar surface area (TPSA) is 49.4 Å².